The van der Waals surface area contributed by atoms with Crippen molar-refractivity contribution >= 4 is 11.8 Å². The first-order valence-electron chi connectivity index (χ1n) is 15.7. The zero-order chi connectivity index (χ0) is 31.1. The maximum atomic E-state index is 13.1. The second-order valence-corrected chi connectivity index (χ2v) is 13.7. The normalized spacial score (nSPS) is 39.3. The molecule has 0 aromatic carbocycles. The van der Waals surface area contributed by atoms with Gasteiger partial charge in [0.2, 0.25) is 0 Å². The van der Waals surface area contributed by atoms with Crippen molar-refractivity contribution in [1.29, 1.82) is 0 Å². The quantitative estimate of drug-likeness (QED) is 0.0766. The molecule has 0 aromatic rings. The predicted molar refractivity (Wildman–Crippen MR) is 159 cm³/mol. The van der Waals surface area contributed by atoms with E-state index in [0.29, 0.717) is 12.8 Å². The van der Waals surface area contributed by atoms with Crippen molar-refractivity contribution in [3.63, 3.8) is 0 Å². The standard InChI is InChI=1S/C34H50O8/c1-6-7-8-9-10-11-14-24(36)15-12-13-16-27(37)42-32-19-22(3)33(40)25(28(32)31(32,4)5)18-23(20-35)30(39)34(41)26(33)17-21(2)29(34)38/h12-13,15-18,22,24-26,28,30,35-36,39-41H,6-11,14,19-20H2,1-5H3. The Balaban J connectivity index is 1.49. The lowest BCUT2D eigenvalue weighted by atomic mass is 9.59. The zero-order valence-corrected chi connectivity index (χ0v) is 25.8. The van der Waals surface area contributed by atoms with Crippen molar-refractivity contribution in [2.24, 2.45) is 29.1 Å². The number of aliphatic hydroxyl groups excluding tert-OH is 3. The van der Waals surface area contributed by atoms with E-state index in [-0.39, 0.29) is 17.1 Å². The molecule has 9 unspecified atom stereocenters. The average molecular weight is 587 g/mol. The molecule has 0 aromatic heterocycles. The highest BCUT2D eigenvalue weighted by atomic mass is 16.6. The summed E-state index contributed by atoms with van der Waals surface area (Å²) in [6, 6.07) is 0. The van der Waals surface area contributed by atoms with Crippen molar-refractivity contribution in [2.75, 3.05) is 6.61 Å². The Morgan fingerprint density at radius 3 is 2.45 bits per heavy atom. The molecular formula is C34H50O8. The van der Waals surface area contributed by atoms with Crippen molar-refractivity contribution in [3.05, 3.63) is 47.6 Å². The molecule has 4 rings (SSSR count). The Hall–Kier alpha value is -2.10. The van der Waals surface area contributed by atoms with Crippen LogP contribution in [0.1, 0.15) is 86.0 Å². The molecule has 8 nitrogen and oxygen atoms in total. The Morgan fingerprint density at radius 2 is 1.79 bits per heavy atom. The number of carbonyl (C=O) groups excluding carboxylic acids is 2. The number of fused-ring (bicyclic) bond motifs is 5. The van der Waals surface area contributed by atoms with Gasteiger partial charge in [-0.15, -0.1) is 0 Å². The van der Waals surface area contributed by atoms with Crippen molar-refractivity contribution in [2.45, 2.75) is 115 Å². The Kier molecular flexibility index (Phi) is 9.47. The number of Topliss-reactive ketones (excluding diaryl/α,β-unsaturated/α-hetero) is 1. The highest BCUT2D eigenvalue weighted by molar-refractivity contribution is 6.05. The minimum atomic E-state index is -2.29. The van der Waals surface area contributed by atoms with Gasteiger partial charge in [-0.2, -0.15) is 0 Å². The number of esters is 1. The Bertz CT molecular complexity index is 1170. The van der Waals surface area contributed by atoms with Gasteiger partial charge >= 0.3 is 5.97 Å². The highest BCUT2D eigenvalue weighted by Crippen LogP contribution is 2.76. The first-order valence-corrected chi connectivity index (χ1v) is 15.7. The number of aliphatic hydroxyl groups is 5. The molecule has 0 saturated heterocycles. The minimum absolute atomic E-state index is 0.0708. The zero-order valence-electron chi connectivity index (χ0n) is 25.8. The van der Waals surface area contributed by atoms with Crippen LogP contribution in [0.25, 0.3) is 0 Å². The molecule has 42 heavy (non-hydrogen) atoms. The van der Waals surface area contributed by atoms with Gasteiger partial charge in [0.25, 0.3) is 0 Å². The number of hydrogen-bond donors (Lipinski definition) is 5. The molecule has 0 aliphatic heterocycles. The molecule has 0 bridgehead atoms. The first-order chi connectivity index (χ1) is 19.7. The Morgan fingerprint density at radius 1 is 1.12 bits per heavy atom. The first kappa shape index (κ1) is 32.8. The third-order valence-electron chi connectivity index (χ3n) is 10.8. The highest BCUT2D eigenvalue weighted by Gasteiger charge is 2.83. The summed E-state index contributed by atoms with van der Waals surface area (Å²) in [6.45, 7) is 8.89. The van der Waals surface area contributed by atoms with E-state index in [9.17, 15) is 35.1 Å². The van der Waals surface area contributed by atoms with Gasteiger partial charge in [-0.3, -0.25) is 4.79 Å². The fourth-order valence-electron chi connectivity index (χ4n) is 8.38. The van der Waals surface area contributed by atoms with E-state index in [1.165, 1.54) is 31.8 Å². The largest absolute Gasteiger partial charge is 0.455 e. The van der Waals surface area contributed by atoms with Crippen LogP contribution < -0.4 is 0 Å². The molecule has 4 aliphatic carbocycles. The predicted octanol–water partition coefficient (Wildman–Crippen LogP) is 3.70. The van der Waals surface area contributed by atoms with Crippen LogP contribution in [0.15, 0.2) is 47.6 Å². The fraction of sp³-hybridized carbons (Fsp3) is 0.706. The maximum absolute atomic E-state index is 13.1. The third kappa shape index (κ3) is 5.17. The topological polar surface area (TPSA) is 145 Å². The van der Waals surface area contributed by atoms with E-state index in [1.807, 2.05) is 20.8 Å². The third-order valence-corrected chi connectivity index (χ3v) is 10.8. The number of carbonyl (C=O) groups is 2. The molecule has 0 spiro atoms. The van der Waals surface area contributed by atoms with Gasteiger partial charge in [0.15, 0.2) is 11.4 Å². The van der Waals surface area contributed by atoms with Gasteiger partial charge in [-0.1, -0.05) is 96.6 Å². The lowest BCUT2D eigenvalue weighted by Crippen LogP contribution is -2.64. The minimum Gasteiger partial charge on any atom is -0.455 e. The van der Waals surface area contributed by atoms with Gasteiger partial charge < -0.3 is 30.3 Å². The Labute approximate surface area is 249 Å². The van der Waals surface area contributed by atoms with Crippen molar-refractivity contribution in [1.82, 2.24) is 0 Å². The number of ether oxygens (including phenoxy) is 1. The van der Waals surface area contributed by atoms with Gasteiger partial charge in [-0.25, -0.2) is 4.79 Å². The number of rotatable bonds is 12. The smallest absolute Gasteiger partial charge is 0.331 e. The van der Waals surface area contributed by atoms with Crippen LogP contribution in [0, 0.1) is 29.1 Å². The van der Waals surface area contributed by atoms with E-state index in [2.05, 4.69) is 6.92 Å². The summed E-state index contributed by atoms with van der Waals surface area (Å²) in [4.78, 5) is 26.1. The van der Waals surface area contributed by atoms with Crippen LogP contribution in [-0.2, 0) is 14.3 Å². The summed E-state index contributed by atoms with van der Waals surface area (Å²) >= 11 is 0. The fourth-order valence-corrected chi connectivity index (χ4v) is 8.38. The lowest BCUT2D eigenvalue weighted by Gasteiger charge is -2.50. The molecule has 9 atom stereocenters. The average Bonchev–Trinajstić information content (AvgIpc) is 3.32. The molecule has 4 aliphatic rings. The van der Waals surface area contributed by atoms with Crippen LogP contribution >= 0.6 is 0 Å². The summed E-state index contributed by atoms with van der Waals surface area (Å²) in [6.07, 6.45) is 15.0. The SMILES string of the molecule is CCCCCCCCC(O)C=CC=CC(=O)OC12CC(C)C3(O)C(C=C(CO)C(O)C4(O)C(=O)C(C)=CC43)C1C2(C)C. The number of unbranched alkanes of at least 4 members (excludes halogenated alkanes) is 5. The molecule has 2 fully saturated rings. The van der Waals surface area contributed by atoms with Crippen LogP contribution in [0.4, 0.5) is 0 Å². The van der Waals surface area contributed by atoms with E-state index in [1.54, 1.807) is 37.3 Å². The second-order valence-electron chi connectivity index (χ2n) is 13.7. The molecule has 2 saturated carbocycles. The van der Waals surface area contributed by atoms with Crippen LogP contribution in [0.3, 0.4) is 0 Å². The summed E-state index contributed by atoms with van der Waals surface area (Å²) in [5.41, 5.74) is -5.07. The van der Waals surface area contributed by atoms with Crippen LogP contribution in [-0.4, -0.2) is 72.9 Å². The molecule has 0 radical (unpaired) electrons. The molecule has 0 heterocycles. The molecule has 234 valence electrons. The van der Waals surface area contributed by atoms with E-state index in [4.69, 9.17) is 4.74 Å². The molecular weight excluding hydrogens is 536 g/mol. The van der Waals surface area contributed by atoms with E-state index >= 15 is 0 Å². The summed E-state index contributed by atoms with van der Waals surface area (Å²) in [7, 11) is 0. The lowest BCUT2D eigenvalue weighted by molar-refractivity contribution is -0.196. The van der Waals surface area contributed by atoms with Gasteiger partial charge in [0.1, 0.15) is 11.7 Å². The van der Waals surface area contributed by atoms with E-state index in [0.717, 1.165) is 12.8 Å². The molecule has 8 heteroatoms. The number of ketones is 1. The summed E-state index contributed by atoms with van der Waals surface area (Å²) in [5.74, 6) is -3.89. The van der Waals surface area contributed by atoms with Crippen molar-refractivity contribution in [3.8, 4) is 0 Å². The second kappa shape index (κ2) is 12.1. The molecule has 0 amide bonds. The number of hydrogen-bond acceptors (Lipinski definition) is 8. The maximum Gasteiger partial charge on any atom is 0.331 e. The monoisotopic (exact) mass is 586 g/mol. The van der Waals surface area contributed by atoms with Gasteiger partial charge in [0, 0.05) is 29.2 Å². The molecule has 5 N–H and O–H groups in total. The van der Waals surface area contributed by atoms with Crippen molar-refractivity contribution < 1.29 is 39.9 Å². The van der Waals surface area contributed by atoms with Crippen LogP contribution in [0.2, 0.25) is 0 Å². The summed E-state index contributed by atoms with van der Waals surface area (Å²) < 4.78 is 6.13. The number of allylic oxidation sites excluding steroid dienone is 2. The van der Waals surface area contributed by atoms with Gasteiger partial charge in [0.05, 0.1) is 18.3 Å². The summed E-state index contributed by atoms with van der Waals surface area (Å²) in [5, 5.41) is 55.5. The van der Waals surface area contributed by atoms with E-state index < -0.39 is 70.5 Å². The van der Waals surface area contributed by atoms with Crippen LogP contribution in [0.5, 0.6) is 0 Å². The van der Waals surface area contributed by atoms with Gasteiger partial charge in [-0.05, 0) is 36.8 Å².